The van der Waals surface area contributed by atoms with E-state index in [1.807, 2.05) is 4.90 Å². The lowest BCUT2D eigenvalue weighted by molar-refractivity contribution is -0.131. The van der Waals surface area contributed by atoms with Gasteiger partial charge in [0.15, 0.2) is 0 Å². The molecule has 1 fully saturated rings. The van der Waals surface area contributed by atoms with Crippen molar-refractivity contribution in [2.75, 3.05) is 39.3 Å². The smallest absolute Gasteiger partial charge is 0.222 e. The Bertz CT molecular complexity index is 453. The first-order valence-electron chi connectivity index (χ1n) is 7.54. The number of aliphatic hydroxyl groups excluding tert-OH is 1. The van der Waals surface area contributed by atoms with E-state index in [4.69, 9.17) is 5.11 Å². The Labute approximate surface area is 138 Å². The highest BCUT2D eigenvalue weighted by Gasteiger charge is 2.18. The van der Waals surface area contributed by atoms with Gasteiger partial charge in [-0.25, -0.2) is 0 Å². The van der Waals surface area contributed by atoms with E-state index in [1.54, 1.807) is 11.3 Å². The summed E-state index contributed by atoms with van der Waals surface area (Å²) in [7, 11) is 0. The molecule has 0 atom stereocenters. The second-order valence-corrected chi connectivity index (χ2v) is 7.91. The Hall–Kier alpha value is -0.430. The predicted molar refractivity (Wildman–Crippen MR) is 89.7 cm³/mol. The minimum Gasteiger partial charge on any atom is -0.395 e. The molecule has 1 aromatic rings. The number of rotatable bonds is 6. The normalized spacial score (nSPS) is 17.0. The largest absolute Gasteiger partial charge is 0.395 e. The molecule has 1 aromatic heterocycles. The fraction of sp³-hybridized carbons (Fsp3) is 0.667. The number of thiophene rings is 1. The third-order valence-electron chi connectivity index (χ3n) is 3.80. The van der Waals surface area contributed by atoms with Gasteiger partial charge in [0.2, 0.25) is 5.91 Å². The lowest BCUT2D eigenvalue weighted by Crippen LogP contribution is -2.35. The van der Waals surface area contributed by atoms with Crippen LogP contribution in [0.5, 0.6) is 0 Å². The van der Waals surface area contributed by atoms with Crippen molar-refractivity contribution in [3.63, 3.8) is 0 Å². The number of carbonyl (C=O) groups is 1. The van der Waals surface area contributed by atoms with Crippen molar-refractivity contribution in [1.82, 2.24) is 9.80 Å². The summed E-state index contributed by atoms with van der Waals surface area (Å²) < 4.78 is 1.15. The van der Waals surface area contributed by atoms with Crippen molar-refractivity contribution in [2.24, 2.45) is 0 Å². The Morgan fingerprint density at radius 1 is 1.29 bits per heavy atom. The number of hydrogen-bond donors (Lipinski definition) is 1. The van der Waals surface area contributed by atoms with E-state index in [9.17, 15) is 4.79 Å². The first-order chi connectivity index (χ1) is 10.2. The fourth-order valence-electron chi connectivity index (χ4n) is 2.64. The van der Waals surface area contributed by atoms with E-state index >= 15 is 0 Å². The molecule has 0 unspecified atom stereocenters. The maximum absolute atomic E-state index is 12.3. The number of carbonyl (C=O) groups excluding carboxylic acids is 1. The molecule has 0 bridgehead atoms. The Morgan fingerprint density at radius 3 is 2.86 bits per heavy atom. The number of β-amino-alcohol motifs (C(OH)–C–C–N with tert-alkyl or cyclic N) is 1. The molecule has 4 nitrogen and oxygen atoms in total. The first kappa shape index (κ1) is 16.9. The zero-order chi connectivity index (χ0) is 15.1. The van der Waals surface area contributed by atoms with Gasteiger partial charge in [0.05, 0.1) is 10.4 Å². The van der Waals surface area contributed by atoms with Crippen LogP contribution in [-0.2, 0) is 11.2 Å². The fourth-order valence-corrected chi connectivity index (χ4v) is 4.17. The van der Waals surface area contributed by atoms with Crippen molar-refractivity contribution in [2.45, 2.75) is 25.7 Å². The van der Waals surface area contributed by atoms with E-state index in [1.165, 1.54) is 4.88 Å². The summed E-state index contributed by atoms with van der Waals surface area (Å²) in [6.45, 7) is 4.42. The Balaban J connectivity index is 1.70. The van der Waals surface area contributed by atoms with Crippen LogP contribution in [0.2, 0.25) is 0 Å². The SMILES string of the molecule is O=C(CCCc1ccc(Br)s1)N1CCCN(CCO)CC1. The van der Waals surface area contributed by atoms with Crippen molar-refractivity contribution in [3.8, 4) is 0 Å². The molecule has 6 heteroatoms. The Morgan fingerprint density at radius 2 is 2.14 bits per heavy atom. The topological polar surface area (TPSA) is 43.8 Å². The third-order valence-corrected chi connectivity index (χ3v) is 5.48. The zero-order valence-electron chi connectivity index (χ0n) is 12.3. The maximum atomic E-state index is 12.3. The van der Waals surface area contributed by atoms with Crippen LogP contribution in [0.15, 0.2) is 15.9 Å². The highest BCUT2D eigenvalue weighted by molar-refractivity contribution is 9.11. The summed E-state index contributed by atoms with van der Waals surface area (Å²) in [4.78, 5) is 17.8. The highest BCUT2D eigenvalue weighted by atomic mass is 79.9. The van der Waals surface area contributed by atoms with E-state index < -0.39 is 0 Å². The molecule has 2 rings (SSSR count). The van der Waals surface area contributed by atoms with Crippen molar-refractivity contribution < 1.29 is 9.90 Å². The van der Waals surface area contributed by atoms with Crippen LogP contribution in [0.4, 0.5) is 0 Å². The van der Waals surface area contributed by atoms with Gasteiger partial charge in [-0.2, -0.15) is 0 Å². The van der Waals surface area contributed by atoms with Crippen LogP contribution in [0, 0.1) is 0 Å². The molecule has 21 heavy (non-hydrogen) atoms. The van der Waals surface area contributed by atoms with Gasteiger partial charge in [-0.15, -0.1) is 11.3 Å². The molecule has 1 aliphatic heterocycles. The van der Waals surface area contributed by atoms with Crippen molar-refractivity contribution >= 4 is 33.2 Å². The van der Waals surface area contributed by atoms with E-state index in [0.29, 0.717) is 6.42 Å². The van der Waals surface area contributed by atoms with Gasteiger partial charge in [0.25, 0.3) is 0 Å². The average Bonchev–Trinajstić information content (AvgIpc) is 2.73. The zero-order valence-corrected chi connectivity index (χ0v) is 14.7. The molecular weight excluding hydrogens is 352 g/mol. The summed E-state index contributed by atoms with van der Waals surface area (Å²) in [6.07, 6.45) is 3.54. The molecule has 1 amide bonds. The molecular formula is C15H23BrN2O2S. The van der Waals surface area contributed by atoms with E-state index in [-0.39, 0.29) is 12.5 Å². The molecule has 0 spiro atoms. The molecule has 2 heterocycles. The molecule has 0 aliphatic carbocycles. The van der Waals surface area contributed by atoms with Gasteiger partial charge in [-0.05, 0) is 53.9 Å². The summed E-state index contributed by atoms with van der Waals surface area (Å²) in [6, 6.07) is 4.18. The third kappa shape index (κ3) is 5.70. The average molecular weight is 375 g/mol. The van der Waals surface area contributed by atoms with Gasteiger partial charge in [-0.3, -0.25) is 9.69 Å². The number of hydrogen-bond acceptors (Lipinski definition) is 4. The summed E-state index contributed by atoms with van der Waals surface area (Å²) in [5, 5.41) is 8.99. The number of nitrogens with zero attached hydrogens (tertiary/aromatic N) is 2. The van der Waals surface area contributed by atoms with Gasteiger partial charge in [0.1, 0.15) is 0 Å². The van der Waals surface area contributed by atoms with Crippen molar-refractivity contribution in [1.29, 1.82) is 0 Å². The lowest BCUT2D eigenvalue weighted by atomic mass is 10.2. The number of aryl methyl sites for hydroxylation is 1. The number of aliphatic hydroxyl groups is 1. The van der Waals surface area contributed by atoms with E-state index in [2.05, 4.69) is 33.0 Å². The summed E-state index contributed by atoms with van der Waals surface area (Å²) >= 11 is 5.21. The molecule has 0 radical (unpaired) electrons. The van der Waals surface area contributed by atoms with Crippen LogP contribution in [0.1, 0.15) is 24.1 Å². The second kappa shape index (κ2) is 8.88. The minimum absolute atomic E-state index is 0.199. The van der Waals surface area contributed by atoms with E-state index in [0.717, 1.165) is 55.8 Å². The van der Waals surface area contributed by atoms with Crippen LogP contribution >= 0.6 is 27.3 Å². The van der Waals surface area contributed by atoms with Gasteiger partial charge in [0, 0.05) is 37.5 Å². The molecule has 1 saturated heterocycles. The first-order valence-corrected chi connectivity index (χ1v) is 9.15. The predicted octanol–water partition coefficient (Wildman–Crippen LogP) is 2.36. The van der Waals surface area contributed by atoms with Gasteiger partial charge >= 0.3 is 0 Å². The molecule has 0 saturated carbocycles. The molecule has 1 N–H and O–H groups in total. The standard InChI is InChI=1S/C15H23BrN2O2S/c16-14-6-5-13(21-14)3-1-4-15(20)18-8-2-7-17(9-10-18)11-12-19/h5-6,19H,1-4,7-12H2. The number of amides is 1. The highest BCUT2D eigenvalue weighted by Crippen LogP contribution is 2.23. The molecule has 118 valence electrons. The second-order valence-electron chi connectivity index (χ2n) is 5.36. The van der Waals surface area contributed by atoms with Crippen molar-refractivity contribution in [3.05, 3.63) is 20.8 Å². The van der Waals surface area contributed by atoms with Crippen LogP contribution in [0.3, 0.4) is 0 Å². The van der Waals surface area contributed by atoms with Crippen LogP contribution in [-0.4, -0.2) is 60.1 Å². The van der Waals surface area contributed by atoms with Gasteiger partial charge in [-0.1, -0.05) is 0 Å². The quantitative estimate of drug-likeness (QED) is 0.830. The van der Waals surface area contributed by atoms with Gasteiger partial charge < -0.3 is 10.0 Å². The van der Waals surface area contributed by atoms with Crippen LogP contribution < -0.4 is 0 Å². The summed E-state index contributed by atoms with van der Waals surface area (Å²) in [5.74, 6) is 0.275. The lowest BCUT2D eigenvalue weighted by Gasteiger charge is -2.21. The van der Waals surface area contributed by atoms with Crippen LogP contribution in [0.25, 0.3) is 0 Å². The number of halogens is 1. The maximum Gasteiger partial charge on any atom is 0.222 e. The minimum atomic E-state index is 0.199. The molecule has 1 aliphatic rings. The summed E-state index contributed by atoms with van der Waals surface area (Å²) in [5.41, 5.74) is 0. The molecule has 0 aromatic carbocycles. The Kier molecular flexibility index (Phi) is 7.16. The monoisotopic (exact) mass is 374 g/mol.